The minimum Gasteiger partial charge on any atom is -0.352 e. The second kappa shape index (κ2) is 4.57. The van der Waals surface area contributed by atoms with Crippen molar-refractivity contribution >= 4 is 17.7 Å². The van der Waals surface area contributed by atoms with Crippen molar-refractivity contribution in [2.45, 2.75) is 62.0 Å². The first-order valence-corrected chi connectivity index (χ1v) is 7.41. The van der Waals surface area contributed by atoms with E-state index in [4.69, 9.17) is 0 Å². The lowest BCUT2D eigenvalue weighted by atomic mass is 10.4. The van der Waals surface area contributed by atoms with Crippen LogP contribution in [0.2, 0.25) is 0 Å². The van der Waals surface area contributed by atoms with Gasteiger partial charge in [0.25, 0.3) is 0 Å². The van der Waals surface area contributed by atoms with Crippen molar-refractivity contribution in [1.82, 2.24) is 20.1 Å². The van der Waals surface area contributed by atoms with Crippen LogP contribution in [0.3, 0.4) is 0 Å². The Morgan fingerprint density at radius 1 is 1.39 bits per heavy atom. The number of hydrogen-bond donors (Lipinski definition) is 1. The van der Waals surface area contributed by atoms with Crippen LogP contribution in [0, 0.1) is 6.92 Å². The number of hydrogen-bond acceptors (Lipinski definition) is 4. The predicted octanol–water partition coefficient (Wildman–Crippen LogP) is 1.68. The number of rotatable bonds is 5. The molecular weight excluding hydrogens is 248 g/mol. The van der Waals surface area contributed by atoms with E-state index in [-0.39, 0.29) is 11.2 Å². The molecule has 1 amide bonds. The van der Waals surface area contributed by atoms with Crippen molar-refractivity contribution in [3.05, 3.63) is 5.82 Å². The number of carbonyl (C=O) groups excluding carboxylic acids is 1. The standard InChI is InChI=1S/C12H18N4OS/c1-7(11(17)13-9-3-4-9)18-12-15-14-8(2)16(12)10-5-6-10/h7,9-10H,3-6H2,1-2H3,(H,13,17)/t7-/m1/s1. The van der Waals surface area contributed by atoms with Gasteiger partial charge in [0, 0.05) is 12.1 Å². The zero-order valence-electron chi connectivity index (χ0n) is 10.7. The van der Waals surface area contributed by atoms with Crippen LogP contribution in [0.5, 0.6) is 0 Å². The van der Waals surface area contributed by atoms with Crippen LogP contribution in [-0.4, -0.2) is 32.0 Å². The summed E-state index contributed by atoms with van der Waals surface area (Å²) in [7, 11) is 0. The molecule has 98 valence electrons. The summed E-state index contributed by atoms with van der Waals surface area (Å²) >= 11 is 1.51. The van der Waals surface area contributed by atoms with E-state index < -0.39 is 0 Å². The van der Waals surface area contributed by atoms with Crippen molar-refractivity contribution in [1.29, 1.82) is 0 Å². The molecule has 2 aliphatic carbocycles. The number of aromatic nitrogens is 3. The minimum absolute atomic E-state index is 0.105. The van der Waals surface area contributed by atoms with E-state index in [2.05, 4.69) is 20.1 Å². The maximum atomic E-state index is 11.9. The maximum Gasteiger partial charge on any atom is 0.233 e. The number of amides is 1. The molecule has 5 nitrogen and oxygen atoms in total. The Balaban J connectivity index is 1.65. The van der Waals surface area contributed by atoms with Crippen molar-refractivity contribution in [2.75, 3.05) is 0 Å². The molecule has 1 aromatic rings. The number of carbonyl (C=O) groups is 1. The SMILES string of the molecule is Cc1nnc(S[C@H](C)C(=O)NC2CC2)n1C1CC1. The molecule has 1 heterocycles. The molecule has 1 aromatic heterocycles. The van der Waals surface area contributed by atoms with Crippen LogP contribution in [0.1, 0.15) is 44.5 Å². The van der Waals surface area contributed by atoms with Gasteiger partial charge >= 0.3 is 0 Å². The molecule has 0 unspecified atom stereocenters. The van der Waals surface area contributed by atoms with Gasteiger partial charge in [0.15, 0.2) is 5.16 Å². The van der Waals surface area contributed by atoms with E-state index in [0.717, 1.165) is 23.8 Å². The van der Waals surface area contributed by atoms with Crippen molar-refractivity contribution in [2.24, 2.45) is 0 Å². The zero-order chi connectivity index (χ0) is 12.7. The molecule has 0 aromatic carbocycles. The van der Waals surface area contributed by atoms with E-state index in [0.29, 0.717) is 12.1 Å². The van der Waals surface area contributed by atoms with Gasteiger partial charge in [0.1, 0.15) is 5.82 Å². The first-order valence-electron chi connectivity index (χ1n) is 6.53. The molecule has 1 atom stereocenters. The molecule has 2 aliphatic rings. The highest BCUT2D eigenvalue weighted by atomic mass is 32.2. The van der Waals surface area contributed by atoms with Crippen molar-refractivity contribution < 1.29 is 4.79 Å². The molecule has 0 bridgehead atoms. The summed E-state index contributed by atoms with van der Waals surface area (Å²) in [6.45, 7) is 3.91. The molecule has 1 N–H and O–H groups in total. The zero-order valence-corrected chi connectivity index (χ0v) is 11.5. The van der Waals surface area contributed by atoms with Crippen LogP contribution >= 0.6 is 11.8 Å². The van der Waals surface area contributed by atoms with E-state index in [9.17, 15) is 4.79 Å². The Hall–Kier alpha value is -1.04. The maximum absolute atomic E-state index is 11.9. The molecule has 0 spiro atoms. The summed E-state index contributed by atoms with van der Waals surface area (Å²) in [5.74, 6) is 1.07. The van der Waals surface area contributed by atoms with Crippen LogP contribution in [0.15, 0.2) is 5.16 Å². The lowest BCUT2D eigenvalue weighted by molar-refractivity contribution is -0.120. The summed E-state index contributed by atoms with van der Waals surface area (Å²) in [5, 5.41) is 12.1. The van der Waals surface area contributed by atoms with Crippen LogP contribution < -0.4 is 5.32 Å². The fraction of sp³-hybridized carbons (Fsp3) is 0.750. The minimum atomic E-state index is -0.105. The molecule has 0 aliphatic heterocycles. The van der Waals surface area contributed by atoms with Crippen LogP contribution in [-0.2, 0) is 4.79 Å². The number of nitrogens with zero attached hydrogens (tertiary/aromatic N) is 3. The molecule has 18 heavy (non-hydrogen) atoms. The topological polar surface area (TPSA) is 59.8 Å². The first kappa shape index (κ1) is 12.0. The molecular formula is C12H18N4OS. The highest BCUT2D eigenvalue weighted by Gasteiger charge is 2.31. The van der Waals surface area contributed by atoms with Gasteiger partial charge in [-0.15, -0.1) is 10.2 Å². The third-order valence-electron chi connectivity index (χ3n) is 3.32. The Morgan fingerprint density at radius 2 is 2.11 bits per heavy atom. The Kier molecular flexibility index (Phi) is 3.05. The van der Waals surface area contributed by atoms with Crippen LogP contribution in [0.4, 0.5) is 0 Å². The second-order valence-electron chi connectivity index (χ2n) is 5.17. The molecule has 6 heteroatoms. The number of aryl methyl sites for hydroxylation is 1. The number of nitrogens with one attached hydrogen (secondary N) is 1. The molecule has 2 saturated carbocycles. The van der Waals surface area contributed by atoms with Gasteiger partial charge in [0.05, 0.1) is 5.25 Å². The predicted molar refractivity (Wildman–Crippen MR) is 69.5 cm³/mol. The summed E-state index contributed by atoms with van der Waals surface area (Å²) in [5.41, 5.74) is 0. The largest absolute Gasteiger partial charge is 0.352 e. The monoisotopic (exact) mass is 266 g/mol. The summed E-state index contributed by atoms with van der Waals surface area (Å²) in [6, 6.07) is 0.977. The van der Waals surface area contributed by atoms with E-state index in [1.807, 2.05) is 13.8 Å². The Labute approximate surface area is 111 Å². The second-order valence-corrected chi connectivity index (χ2v) is 6.48. The normalized spacial score (nSPS) is 20.8. The summed E-state index contributed by atoms with van der Waals surface area (Å²) < 4.78 is 2.17. The fourth-order valence-electron chi connectivity index (χ4n) is 1.94. The smallest absolute Gasteiger partial charge is 0.233 e. The molecule has 2 fully saturated rings. The van der Waals surface area contributed by atoms with Gasteiger partial charge in [-0.05, 0) is 39.5 Å². The highest BCUT2D eigenvalue weighted by Crippen LogP contribution is 2.39. The van der Waals surface area contributed by atoms with Crippen LogP contribution in [0.25, 0.3) is 0 Å². The van der Waals surface area contributed by atoms with Gasteiger partial charge in [-0.3, -0.25) is 4.79 Å². The van der Waals surface area contributed by atoms with Gasteiger partial charge in [-0.2, -0.15) is 0 Å². The van der Waals surface area contributed by atoms with E-state index >= 15 is 0 Å². The van der Waals surface area contributed by atoms with E-state index in [1.165, 1.54) is 24.6 Å². The van der Waals surface area contributed by atoms with Gasteiger partial charge < -0.3 is 9.88 Å². The quantitative estimate of drug-likeness (QED) is 0.824. The highest BCUT2D eigenvalue weighted by molar-refractivity contribution is 8.00. The average Bonchev–Trinajstić information content (AvgIpc) is 3.22. The summed E-state index contributed by atoms with van der Waals surface area (Å²) in [6.07, 6.45) is 4.66. The third-order valence-corrected chi connectivity index (χ3v) is 4.38. The average molecular weight is 266 g/mol. The molecule has 0 saturated heterocycles. The van der Waals surface area contributed by atoms with Gasteiger partial charge in [-0.25, -0.2) is 0 Å². The fourth-order valence-corrected chi connectivity index (χ4v) is 2.92. The Morgan fingerprint density at radius 3 is 2.72 bits per heavy atom. The van der Waals surface area contributed by atoms with Gasteiger partial charge in [-0.1, -0.05) is 11.8 Å². The lowest BCUT2D eigenvalue weighted by Gasteiger charge is -2.12. The number of thioether (sulfide) groups is 1. The van der Waals surface area contributed by atoms with Gasteiger partial charge in [0.2, 0.25) is 5.91 Å². The Bertz CT molecular complexity index is 465. The first-order chi connectivity index (χ1) is 8.65. The van der Waals surface area contributed by atoms with E-state index in [1.54, 1.807) is 0 Å². The molecule has 0 radical (unpaired) electrons. The summed E-state index contributed by atoms with van der Waals surface area (Å²) in [4.78, 5) is 11.9. The van der Waals surface area contributed by atoms with Crippen molar-refractivity contribution in [3.63, 3.8) is 0 Å². The van der Waals surface area contributed by atoms with Crippen molar-refractivity contribution in [3.8, 4) is 0 Å². The lowest BCUT2D eigenvalue weighted by Crippen LogP contribution is -2.32. The third kappa shape index (κ3) is 2.53. The molecule has 3 rings (SSSR count).